The van der Waals surface area contributed by atoms with Gasteiger partial charge in [-0.25, -0.2) is 12.7 Å². The van der Waals surface area contributed by atoms with Gasteiger partial charge in [-0.15, -0.1) is 0 Å². The summed E-state index contributed by atoms with van der Waals surface area (Å²) in [5, 5.41) is 0. The molecule has 0 radical (unpaired) electrons. The second-order valence-electron chi connectivity index (χ2n) is 5.00. The first kappa shape index (κ1) is 13.5. The Hall–Kier alpha value is -0.910. The first-order valence-corrected chi connectivity index (χ1v) is 7.88. The van der Waals surface area contributed by atoms with Gasteiger partial charge in [-0.2, -0.15) is 0 Å². The summed E-state index contributed by atoms with van der Waals surface area (Å²) in [7, 11) is -3.19. The molecule has 1 aliphatic heterocycles. The van der Waals surface area contributed by atoms with Crippen molar-refractivity contribution in [3.8, 4) is 0 Å². The van der Waals surface area contributed by atoms with E-state index in [-0.39, 0.29) is 17.7 Å². The van der Waals surface area contributed by atoms with Crippen LogP contribution in [0, 0.1) is 0 Å². The van der Waals surface area contributed by atoms with Crippen LogP contribution >= 0.6 is 0 Å². The summed E-state index contributed by atoms with van der Waals surface area (Å²) in [6.45, 7) is 2.97. The molecular formula is C13H20N2O2S. The van der Waals surface area contributed by atoms with E-state index in [1.54, 1.807) is 0 Å². The maximum Gasteiger partial charge on any atom is 0.214 e. The average Bonchev–Trinajstić information content (AvgIpc) is 2.77. The van der Waals surface area contributed by atoms with Crippen LogP contribution in [-0.2, 0) is 10.0 Å². The monoisotopic (exact) mass is 268 g/mol. The molecule has 100 valence electrons. The maximum atomic E-state index is 12.2. The van der Waals surface area contributed by atoms with Crippen molar-refractivity contribution in [1.29, 1.82) is 0 Å². The minimum absolute atomic E-state index is 0.00743. The molecule has 0 aliphatic carbocycles. The minimum atomic E-state index is -3.19. The third kappa shape index (κ3) is 3.10. The maximum absolute atomic E-state index is 12.2. The molecule has 2 N–H and O–H groups in total. The van der Waals surface area contributed by atoms with Gasteiger partial charge in [0, 0.05) is 19.1 Å². The van der Waals surface area contributed by atoms with Gasteiger partial charge < -0.3 is 5.73 Å². The van der Waals surface area contributed by atoms with Gasteiger partial charge in [-0.05, 0) is 17.9 Å². The molecule has 1 heterocycles. The van der Waals surface area contributed by atoms with E-state index >= 15 is 0 Å². The lowest BCUT2D eigenvalue weighted by atomic mass is 10.0. The van der Waals surface area contributed by atoms with Gasteiger partial charge >= 0.3 is 0 Å². The lowest BCUT2D eigenvalue weighted by Gasteiger charge is -2.19. The van der Waals surface area contributed by atoms with E-state index in [2.05, 4.69) is 0 Å². The third-order valence-corrected chi connectivity index (χ3v) is 5.45. The van der Waals surface area contributed by atoms with Crippen LogP contribution in [0.25, 0.3) is 0 Å². The molecule has 18 heavy (non-hydrogen) atoms. The second-order valence-corrected chi connectivity index (χ2v) is 7.01. The quantitative estimate of drug-likeness (QED) is 0.891. The third-order valence-electron chi connectivity index (χ3n) is 3.41. The Kier molecular flexibility index (Phi) is 4.04. The predicted molar refractivity (Wildman–Crippen MR) is 72.8 cm³/mol. The Morgan fingerprint density at radius 1 is 1.39 bits per heavy atom. The first-order chi connectivity index (χ1) is 8.49. The summed E-state index contributed by atoms with van der Waals surface area (Å²) < 4.78 is 26.0. The van der Waals surface area contributed by atoms with Crippen molar-refractivity contribution >= 4 is 10.0 Å². The van der Waals surface area contributed by atoms with Crippen LogP contribution in [0.4, 0.5) is 0 Å². The summed E-state index contributed by atoms with van der Waals surface area (Å²) >= 11 is 0. The molecule has 0 spiro atoms. The predicted octanol–water partition coefficient (Wildman–Crippen LogP) is 1.15. The van der Waals surface area contributed by atoms with E-state index in [9.17, 15) is 8.42 Å². The van der Waals surface area contributed by atoms with Crippen LogP contribution in [-0.4, -0.2) is 37.6 Å². The number of hydrogen-bond donors (Lipinski definition) is 1. The molecule has 2 rings (SSSR count). The van der Waals surface area contributed by atoms with Crippen molar-refractivity contribution in [2.24, 2.45) is 5.73 Å². The topological polar surface area (TPSA) is 63.4 Å². The Balaban J connectivity index is 2.04. The van der Waals surface area contributed by atoms with E-state index in [0.29, 0.717) is 13.1 Å². The zero-order chi connectivity index (χ0) is 13.2. The van der Waals surface area contributed by atoms with E-state index in [1.165, 1.54) is 4.31 Å². The molecule has 5 heteroatoms. The number of rotatable bonds is 4. The van der Waals surface area contributed by atoms with Crippen molar-refractivity contribution in [2.45, 2.75) is 25.3 Å². The highest BCUT2D eigenvalue weighted by Crippen LogP contribution is 2.21. The molecule has 0 bridgehead atoms. The number of benzene rings is 1. The van der Waals surface area contributed by atoms with Crippen LogP contribution in [0.5, 0.6) is 0 Å². The van der Waals surface area contributed by atoms with Gasteiger partial charge in [0.25, 0.3) is 0 Å². The molecule has 2 atom stereocenters. The molecule has 0 saturated carbocycles. The smallest absolute Gasteiger partial charge is 0.214 e. The molecule has 1 aliphatic rings. The largest absolute Gasteiger partial charge is 0.326 e. The van der Waals surface area contributed by atoms with Crippen molar-refractivity contribution in [2.75, 3.05) is 18.8 Å². The van der Waals surface area contributed by atoms with E-state index in [4.69, 9.17) is 5.73 Å². The van der Waals surface area contributed by atoms with E-state index in [0.717, 1.165) is 12.0 Å². The molecule has 1 unspecified atom stereocenters. The van der Waals surface area contributed by atoms with E-state index in [1.807, 2.05) is 37.3 Å². The lowest BCUT2D eigenvalue weighted by Crippen LogP contribution is -2.34. The molecule has 1 saturated heterocycles. The van der Waals surface area contributed by atoms with Crippen LogP contribution in [0.2, 0.25) is 0 Å². The minimum Gasteiger partial charge on any atom is -0.326 e. The number of nitrogens with two attached hydrogens (primary N) is 1. The highest BCUT2D eigenvalue weighted by molar-refractivity contribution is 7.89. The van der Waals surface area contributed by atoms with Gasteiger partial charge in [-0.3, -0.25) is 0 Å². The van der Waals surface area contributed by atoms with Crippen LogP contribution in [0.1, 0.15) is 24.8 Å². The molecule has 0 amide bonds. The number of nitrogens with zero attached hydrogens (tertiary/aromatic N) is 1. The Morgan fingerprint density at radius 2 is 2.06 bits per heavy atom. The summed E-state index contributed by atoms with van der Waals surface area (Å²) in [6.07, 6.45) is 0.763. The van der Waals surface area contributed by atoms with Gasteiger partial charge in [0.05, 0.1) is 5.75 Å². The molecule has 1 fully saturated rings. The Morgan fingerprint density at radius 3 is 2.61 bits per heavy atom. The highest BCUT2D eigenvalue weighted by atomic mass is 32.2. The van der Waals surface area contributed by atoms with Gasteiger partial charge in [0.2, 0.25) is 10.0 Å². The van der Waals surface area contributed by atoms with Crippen LogP contribution in [0.3, 0.4) is 0 Å². The zero-order valence-electron chi connectivity index (χ0n) is 10.6. The second kappa shape index (κ2) is 5.38. The Labute approximate surface area is 109 Å². The fraction of sp³-hybridized carbons (Fsp3) is 0.538. The normalized spacial score (nSPS) is 23.1. The first-order valence-electron chi connectivity index (χ1n) is 6.27. The molecule has 4 nitrogen and oxygen atoms in total. The Bertz CT molecular complexity index is 487. The zero-order valence-corrected chi connectivity index (χ0v) is 11.4. The van der Waals surface area contributed by atoms with Crippen LogP contribution < -0.4 is 5.73 Å². The SMILES string of the molecule is CC(CS(=O)(=O)N1CC[C@@H](N)C1)c1ccccc1. The highest BCUT2D eigenvalue weighted by Gasteiger charge is 2.30. The average molecular weight is 268 g/mol. The molecule has 1 aromatic carbocycles. The number of sulfonamides is 1. The van der Waals surface area contributed by atoms with Gasteiger partial charge in [0.1, 0.15) is 0 Å². The summed E-state index contributed by atoms with van der Waals surface area (Å²) in [5.41, 5.74) is 6.82. The van der Waals surface area contributed by atoms with Crippen LogP contribution in [0.15, 0.2) is 30.3 Å². The van der Waals surface area contributed by atoms with E-state index < -0.39 is 10.0 Å². The van der Waals surface area contributed by atoms with Crippen molar-refractivity contribution in [3.63, 3.8) is 0 Å². The summed E-state index contributed by atoms with van der Waals surface area (Å²) in [6, 6.07) is 9.73. The summed E-state index contributed by atoms with van der Waals surface area (Å²) in [5.74, 6) is 0.164. The van der Waals surface area contributed by atoms with Gasteiger partial charge in [-0.1, -0.05) is 37.3 Å². The van der Waals surface area contributed by atoms with Crippen molar-refractivity contribution < 1.29 is 8.42 Å². The fourth-order valence-electron chi connectivity index (χ4n) is 2.31. The molecule has 1 aromatic rings. The molecular weight excluding hydrogens is 248 g/mol. The number of hydrogen-bond acceptors (Lipinski definition) is 3. The fourth-order valence-corrected chi connectivity index (χ4v) is 4.14. The van der Waals surface area contributed by atoms with Gasteiger partial charge in [0.15, 0.2) is 0 Å². The lowest BCUT2D eigenvalue weighted by molar-refractivity contribution is 0.469. The van der Waals surface area contributed by atoms with Crippen molar-refractivity contribution in [3.05, 3.63) is 35.9 Å². The van der Waals surface area contributed by atoms with Crippen molar-refractivity contribution in [1.82, 2.24) is 4.31 Å². The summed E-state index contributed by atoms with van der Waals surface area (Å²) in [4.78, 5) is 0. The molecule has 0 aromatic heterocycles. The standard InChI is InChI=1S/C13H20N2O2S/c1-11(12-5-3-2-4-6-12)10-18(16,17)15-8-7-13(14)9-15/h2-6,11,13H,7-10,14H2,1H3/t11?,13-/m1/s1.